The number of pyridine rings is 1. The maximum absolute atomic E-state index is 6.08. The van der Waals surface area contributed by atoms with Gasteiger partial charge in [-0.2, -0.15) is 0 Å². The van der Waals surface area contributed by atoms with Crippen molar-refractivity contribution in [1.82, 2.24) is 4.98 Å². The number of benzene rings is 1. The summed E-state index contributed by atoms with van der Waals surface area (Å²) in [7, 11) is 0. The molecule has 0 aliphatic rings. The zero-order valence-corrected chi connectivity index (χ0v) is 15.6. The smallest absolute Gasteiger partial charge is 0.152 e. The largest absolute Gasteiger partial charge is 0.492 e. The summed E-state index contributed by atoms with van der Waals surface area (Å²) < 4.78 is 7.42. The quantitative estimate of drug-likeness (QED) is 0.624. The maximum Gasteiger partial charge on any atom is 0.152 e. The summed E-state index contributed by atoms with van der Waals surface area (Å²) in [5, 5.41) is 3.78. The van der Waals surface area contributed by atoms with Crippen LogP contribution in [0.25, 0.3) is 0 Å². The molecule has 0 unspecified atom stereocenters. The number of nitrogens with zero attached hydrogens (tertiary/aromatic N) is 1. The summed E-state index contributed by atoms with van der Waals surface area (Å²) >= 11 is 13.1. The highest BCUT2D eigenvalue weighted by Crippen LogP contribution is 2.35. The van der Waals surface area contributed by atoms with E-state index in [1.807, 2.05) is 32.0 Å². The molecule has 1 heterocycles. The first-order valence-corrected chi connectivity index (χ1v) is 8.44. The van der Waals surface area contributed by atoms with E-state index in [1.54, 1.807) is 6.20 Å². The standard InChI is InChI=1S/C15H15Br2ClN2O/c1-3-21-14-11(16)5-10(6-12(14)17)8-19-13-4-9(2)7-20-15(13)18/h4-7,19H,3,8H2,1-2H3. The average Bonchev–Trinajstić information content (AvgIpc) is 2.44. The number of aryl methyl sites for hydroxylation is 1. The number of hydrogen-bond acceptors (Lipinski definition) is 3. The molecule has 2 rings (SSSR count). The van der Waals surface area contributed by atoms with E-state index in [0.29, 0.717) is 18.3 Å². The molecular weight excluding hydrogens is 419 g/mol. The molecule has 112 valence electrons. The van der Waals surface area contributed by atoms with Gasteiger partial charge in [0.25, 0.3) is 0 Å². The lowest BCUT2D eigenvalue weighted by Gasteiger charge is -2.12. The van der Waals surface area contributed by atoms with E-state index < -0.39 is 0 Å². The Morgan fingerprint density at radius 3 is 2.52 bits per heavy atom. The maximum atomic E-state index is 6.08. The first-order chi connectivity index (χ1) is 10.0. The molecule has 1 aromatic carbocycles. The van der Waals surface area contributed by atoms with E-state index in [2.05, 4.69) is 42.2 Å². The van der Waals surface area contributed by atoms with E-state index in [4.69, 9.17) is 16.3 Å². The molecule has 0 bridgehead atoms. The van der Waals surface area contributed by atoms with Gasteiger partial charge >= 0.3 is 0 Å². The predicted octanol–water partition coefficient (Wildman–Crippen LogP) is 5.58. The minimum absolute atomic E-state index is 0.477. The zero-order chi connectivity index (χ0) is 15.4. The molecule has 0 fully saturated rings. The van der Waals surface area contributed by atoms with Gasteiger partial charge < -0.3 is 10.1 Å². The second kappa shape index (κ2) is 7.47. The molecule has 6 heteroatoms. The Balaban J connectivity index is 2.15. The highest BCUT2D eigenvalue weighted by atomic mass is 79.9. The molecule has 0 aliphatic carbocycles. The first kappa shape index (κ1) is 16.6. The Kier molecular flexibility index (Phi) is 5.90. The molecule has 2 aromatic rings. The summed E-state index contributed by atoms with van der Waals surface area (Å²) in [5.74, 6) is 0.816. The number of anilines is 1. The number of ether oxygens (including phenoxy) is 1. The third-order valence-corrected chi connectivity index (χ3v) is 4.28. The van der Waals surface area contributed by atoms with E-state index in [0.717, 1.165) is 31.5 Å². The molecule has 0 saturated carbocycles. The lowest BCUT2D eigenvalue weighted by molar-refractivity contribution is 0.336. The molecule has 1 N–H and O–H groups in total. The fourth-order valence-corrected chi connectivity index (χ4v) is 3.55. The molecule has 0 saturated heterocycles. The van der Waals surface area contributed by atoms with Crippen LogP contribution in [0.1, 0.15) is 18.1 Å². The van der Waals surface area contributed by atoms with Gasteiger partial charge in [0.15, 0.2) is 5.15 Å². The van der Waals surface area contributed by atoms with Crippen LogP contribution in [0.3, 0.4) is 0 Å². The summed E-state index contributed by atoms with van der Waals surface area (Å²) in [6.07, 6.45) is 1.75. The van der Waals surface area contributed by atoms with Gasteiger partial charge in [-0.3, -0.25) is 0 Å². The molecular formula is C15H15Br2ClN2O. The third kappa shape index (κ3) is 4.34. The van der Waals surface area contributed by atoms with E-state index >= 15 is 0 Å². The third-order valence-electron chi connectivity index (χ3n) is 2.81. The fraction of sp³-hybridized carbons (Fsp3) is 0.267. The van der Waals surface area contributed by atoms with E-state index in [1.165, 1.54) is 0 Å². The Morgan fingerprint density at radius 2 is 1.90 bits per heavy atom. The van der Waals surface area contributed by atoms with Crippen molar-refractivity contribution in [3.63, 3.8) is 0 Å². The predicted molar refractivity (Wildman–Crippen MR) is 94.3 cm³/mol. The van der Waals surface area contributed by atoms with Crippen molar-refractivity contribution in [3.8, 4) is 5.75 Å². The number of aromatic nitrogens is 1. The molecule has 0 aliphatic heterocycles. The van der Waals surface area contributed by atoms with Crippen molar-refractivity contribution < 1.29 is 4.74 Å². The minimum atomic E-state index is 0.477. The second-order valence-electron chi connectivity index (χ2n) is 4.53. The summed E-state index contributed by atoms with van der Waals surface area (Å²) in [6, 6.07) is 6.04. The monoisotopic (exact) mass is 432 g/mol. The Hall–Kier alpha value is -0.780. The second-order valence-corrected chi connectivity index (χ2v) is 6.59. The van der Waals surface area contributed by atoms with Gasteiger partial charge in [-0.15, -0.1) is 0 Å². The van der Waals surface area contributed by atoms with Crippen LogP contribution in [0.5, 0.6) is 5.75 Å². The molecule has 0 radical (unpaired) electrons. The molecule has 21 heavy (non-hydrogen) atoms. The molecule has 1 aromatic heterocycles. The van der Waals surface area contributed by atoms with Crippen LogP contribution in [0, 0.1) is 6.92 Å². The number of rotatable bonds is 5. The SMILES string of the molecule is CCOc1c(Br)cc(CNc2cc(C)cnc2Cl)cc1Br. The molecule has 0 amide bonds. The zero-order valence-electron chi connectivity index (χ0n) is 11.7. The Morgan fingerprint density at radius 1 is 1.24 bits per heavy atom. The summed E-state index contributed by atoms with van der Waals surface area (Å²) in [6.45, 7) is 5.22. The number of halogens is 3. The van der Waals surface area contributed by atoms with Crippen LogP contribution in [0.4, 0.5) is 5.69 Å². The van der Waals surface area contributed by atoms with Crippen LogP contribution in [0.2, 0.25) is 5.15 Å². The van der Waals surface area contributed by atoms with Gasteiger partial charge in [0.1, 0.15) is 5.75 Å². The first-order valence-electron chi connectivity index (χ1n) is 6.48. The van der Waals surface area contributed by atoms with Crippen molar-refractivity contribution >= 4 is 49.1 Å². The van der Waals surface area contributed by atoms with Gasteiger partial charge in [-0.25, -0.2) is 4.98 Å². The van der Waals surface area contributed by atoms with Crippen LogP contribution in [-0.4, -0.2) is 11.6 Å². The Labute approximate surface area is 146 Å². The van der Waals surface area contributed by atoms with Gasteiger partial charge in [0, 0.05) is 12.7 Å². The van der Waals surface area contributed by atoms with E-state index in [-0.39, 0.29) is 0 Å². The Bertz CT molecular complexity index is 627. The van der Waals surface area contributed by atoms with Crippen LogP contribution >= 0.6 is 43.5 Å². The van der Waals surface area contributed by atoms with Crippen molar-refractivity contribution in [1.29, 1.82) is 0 Å². The van der Waals surface area contributed by atoms with Crippen LogP contribution in [0.15, 0.2) is 33.3 Å². The van der Waals surface area contributed by atoms with Gasteiger partial charge in [0.05, 0.1) is 21.2 Å². The van der Waals surface area contributed by atoms with Crippen molar-refractivity contribution in [2.75, 3.05) is 11.9 Å². The normalized spacial score (nSPS) is 10.5. The number of nitrogens with one attached hydrogen (secondary N) is 1. The van der Waals surface area contributed by atoms with Crippen molar-refractivity contribution in [2.45, 2.75) is 20.4 Å². The number of hydrogen-bond donors (Lipinski definition) is 1. The van der Waals surface area contributed by atoms with Gasteiger partial charge in [0.2, 0.25) is 0 Å². The fourth-order valence-electron chi connectivity index (χ4n) is 1.87. The minimum Gasteiger partial charge on any atom is -0.492 e. The summed E-state index contributed by atoms with van der Waals surface area (Å²) in [5.41, 5.74) is 3.00. The van der Waals surface area contributed by atoms with Crippen LogP contribution < -0.4 is 10.1 Å². The highest BCUT2D eigenvalue weighted by molar-refractivity contribution is 9.11. The summed E-state index contributed by atoms with van der Waals surface area (Å²) in [4.78, 5) is 4.13. The van der Waals surface area contributed by atoms with Gasteiger partial charge in [-0.05, 0) is 75.0 Å². The van der Waals surface area contributed by atoms with Crippen molar-refractivity contribution in [2.24, 2.45) is 0 Å². The molecule has 3 nitrogen and oxygen atoms in total. The van der Waals surface area contributed by atoms with E-state index in [9.17, 15) is 0 Å². The average molecular weight is 435 g/mol. The lowest BCUT2D eigenvalue weighted by atomic mass is 10.2. The topological polar surface area (TPSA) is 34.1 Å². The van der Waals surface area contributed by atoms with Crippen molar-refractivity contribution in [3.05, 3.63) is 49.6 Å². The molecule has 0 atom stereocenters. The van der Waals surface area contributed by atoms with Crippen LogP contribution in [-0.2, 0) is 6.54 Å². The molecule has 0 spiro atoms. The highest BCUT2D eigenvalue weighted by Gasteiger charge is 2.09. The van der Waals surface area contributed by atoms with Gasteiger partial charge in [-0.1, -0.05) is 11.6 Å². The lowest BCUT2D eigenvalue weighted by Crippen LogP contribution is -2.02.